The summed E-state index contributed by atoms with van der Waals surface area (Å²) >= 11 is 0. The highest BCUT2D eigenvalue weighted by Crippen LogP contribution is 2.29. The number of aliphatic hydroxyl groups is 1. The van der Waals surface area contributed by atoms with Crippen molar-refractivity contribution < 1.29 is 41.4 Å². The molecule has 1 aliphatic heterocycles. The predicted molar refractivity (Wildman–Crippen MR) is 124 cm³/mol. The lowest BCUT2D eigenvalue weighted by Gasteiger charge is -2.21. The van der Waals surface area contributed by atoms with Gasteiger partial charge in [0.15, 0.2) is 11.4 Å². The van der Waals surface area contributed by atoms with Crippen LogP contribution in [0.5, 0.6) is 5.75 Å². The number of hydrogen-bond acceptors (Lipinski definition) is 6. The fourth-order valence-electron chi connectivity index (χ4n) is 3.99. The topological polar surface area (TPSA) is 114 Å². The van der Waals surface area contributed by atoms with Gasteiger partial charge in [0.05, 0.1) is 17.3 Å². The number of rotatable bonds is 5. The Bertz CT molecular complexity index is 1490. The van der Waals surface area contributed by atoms with Crippen LogP contribution < -0.4 is 20.4 Å². The second-order valence-electron chi connectivity index (χ2n) is 8.85. The van der Waals surface area contributed by atoms with Crippen molar-refractivity contribution in [1.82, 2.24) is 14.9 Å². The molecular formula is C24H21F5N4O5. The molecule has 3 heterocycles. The van der Waals surface area contributed by atoms with Gasteiger partial charge < -0.3 is 15.2 Å². The van der Waals surface area contributed by atoms with Crippen molar-refractivity contribution >= 4 is 28.9 Å². The summed E-state index contributed by atoms with van der Waals surface area (Å²) in [4.78, 5) is 43.3. The van der Waals surface area contributed by atoms with E-state index in [1.807, 2.05) is 0 Å². The quantitative estimate of drug-likeness (QED) is 0.479. The summed E-state index contributed by atoms with van der Waals surface area (Å²) in [5, 5.41) is 11.6. The number of hydrogen-bond donors (Lipinski definition) is 2. The number of amides is 2. The molecular weight excluding hydrogens is 519 g/mol. The minimum atomic E-state index is -4.77. The van der Waals surface area contributed by atoms with Crippen LogP contribution >= 0.6 is 0 Å². The molecule has 0 saturated carbocycles. The van der Waals surface area contributed by atoms with Crippen LogP contribution in [0, 0.1) is 11.6 Å². The molecule has 1 unspecified atom stereocenters. The van der Waals surface area contributed by atoms with E-state index in [-0.39, 0.29) is 35.5 Å². The van der Waals surface area contributed by atoms with Gasteiger partial charge in [0.2, 0.25) is 5.43 Å². The van der Waals surface area contributed by atoms with Gasteiger partial charge in [-0.1, -0.05) is 6.92 Å². The SMILES string of the molecule is CC[C@@H](NC(=O)Oc1cn(-c2ccc(F)cc2F)c2nc(N3CCC(C)(O)C3=O)ccc2c1=O)C(F)(F)F. The zero-order valence-corrected chi connectivity index (χ0v) is 20.0. The average molecular weight is 540 g/mol. The largest absolute Gasteiger partial charge is 0.413 e. The molecule has 1 aromatic carbocycles. The third kappa shape index (κ3) is 5.03. The molecule has 2 N–H and O–H groups in total. The highest BCUT2D eigenvalue weighted by atomic mass is 19.4. The van der Waals surface area contributed by atoms with Gasteiger partial charge in [-0.25, -0.2) is 18.6 Å². The van der Waals surface area contributed by atoms with E-state index >= 15 is 0 Å². The summed E-state index contributed by atoms with van der Waals surface area (Å²) in [7, 11) is 0. The first kappa shape index (κ1) is 27.0. The number of aromatic nitrogens is 2. The third-order valence-electron chi connectivity index (χ3n) is 6.08. The minimum absolute atomic E-state index is 0.0123. The van der Waals surface area contributed by atoms with Crippen LogP contribution in [0.1, 0.15) is 26.7 Å². The number of carbonyl (C=O) groups excluding carboxylic acids is 2. The van der Waals surface area contributed by atoms with E-state index in [4.69, 9.17) is 4.74 Å². The van der Waals surface area contributed by atoms with Gasteiger partial charge in [0, 0.05) is 19.0 Å². The molecule has 3 aromatic rings. The molecule has 1 aliphatic rings. The van der Waals surface area contributed by atoms with Crippen molar-refractivity contribution in [3.05, 3.63) is 58.4 Å². The van der Waals surface area contributed by atoms with Crippen LogP contribution in [0.2, 0.25) is 0 Å². The first-order valence-electron chi connectivity index (χ1n) is 11.3. The average Bonchev–Trinajstić information content (AvgIpc) is 3.11. The number of ether oxygens (including phenoxy) is 1. The number of benzene rings is 1. The summed E-state index contributed by atoms with van der Waals surface area (Å²) in [6.07, 6.45) is -5.92. The third-order valence-corrected chi connectivity index (χ3v) is 6.08. The van der Waals surface area contributed by atoms with E-state index in [0.717, 1.165) is 27.8 Å². The normalized spacial score (nSPS) is 18.6. The standard InChI is InChI=1S/C24H21F5N4O5/c1-3-17(24(27,28)29)30-22(36)38-16-11-33(15-6-4-12(25)10-14(15)26)20-13(19(16)34)5-7-18(31-20)32-9-8-23(2,37)21(32)35/h4-7,10-11,17,37H,3,8-9H2,1-2H3,(H,30,36)/t17-,23?/m1/s1. The van der Waals surface area contributed by atoms with Gasteiger partial charge in [-0.3, -0.25) is 19.1 Å². The van der Waals surface area contributed by atoms with E-state index in [1.165, 1.54) is 26.0 Å². The lowest BCUT2D eigenvalue weighted by Crippen LogP contribution is -2.46. The number of anilines is 1. The van der Waals surface area contributed by atoms with E-state index in [9.17, 15) is 41.4 Å². The monoisotopic (exact) mass is 540 g/mol. The van der Waals surface area contributed by atoms with Gasteiger partial charge in [0.25, 0.3) is 5.91 Å². The molecule has 4 rings (SSSR count). The van der Waals surface area contributed by atoms with Gasteiger partial charge in [-0.2, -0.15) is 13.2 Å². The van der Waals surface area contributed by atoms with Crippen LogP contribution in [-0.2, 0) is 4.79 Å². The molecule has 2 amide bonds. The molecule has 0 spiro atoms. The summed E-state index contributed by atoms with van der Waals surface area (Å²) in [5.74, 6) is -3.41. The second-order valence-corrected chi connectivity index (χ2v) is 8.85. The number of pyridine rings is 2. The lowest BCUT2D eigenvalue weighted by atomic mass is 10.1. The van der Waals surface area contributed by atoms with Gasteiger partial charge >= 0.3 is 12.3 Å². The fourth-order valence-corrected chi connectivity index (χ4v) is 3.99. The van der Waals surface area contributed by atoms with Crippen molar-refractivity contribution in [2.24, 2.45) is 0 Å². The van der Waals surface area contributed by atoms with Crippen molar-refractivity contribution in [2.75, 3.05) is 11.4 Å². The molecule has 38 heavy (non-hydrogen) atoms. The molecule has 0 bridgehead atoms. The summed E-state index contributed by atoms with van der Waals surface area (Å²) < 4.78 is 73.3. The molecule has 9 nitrogen and oxygen atoms in total. The Morgan fingerprint density at radius 1 is 1.24 bits per heavy atom. The maximum atomic E-state index is 14.8. The summed E-state index contributed by atoms with van der Waals surface area (Å²) in [6.45, 7) is 2.61. The molecule has 2 atom stereocenters. The predicted octanol–water partition coefficient (Wildman–Crippen LogP) is 3.58. The molecule has 2 aromatic heterocycles. The zero-order chi connectivity index (χ0) is 28.0. The molecule has 1 fully saturated rings. The lowest BCUT2D eigenvalue weighted by molar-refractivity contribution is -0.154. The van der Waals surface area contributed by atoms with Crippen LogP contribution in [0.15, 0.2) is 41.3 Å². The maximum Gasteiger partial charge on any atom is 0.413 e. The maximum absolute atomic E-state index is 14.8. The van der Waals surface area contributed by atoms with Crippen molar-refractivity contribution in [1.29, 1.82) is 0 Å². The van der Waals surface area contributed by atoms with Crippen LogP contribution in [0.3, 0.4) is 0 Å². The number of nitrogens with one attached hydrogen (secondary N) is 1. The number of fused-ring (bicyclic) bond motifs is 1. The van der Waals surface area contributed by atoms with Crippen molar-refractivity contribution in [3.63, 3.8) is 0 Å². The van der Waals surface area contributed by atoms with E-state index in [1.54, 1.807) is 5.32 Å². The number of alkyl halides is 3. The van der Waals surface area contributed by atoms with Gasteiger partial charge in [-0.15, -0.1) is 0 Å². The summed E-state index contributed by atoms with van der Waals surface area (Å²) in [5.41, 5.74) is -3.18. The molecule has 202 valence electrons. The Morgan fingerprint density at radius 3 is 2.53 bits per heavy atom. The molecule has 1 saturated heterocycles. The number of halogens is 5. The highest BCUT2D eigenvalue weighted by molar-refractivity contribution is 6.01. The first-order valence-corrected chi connectivity index (χ1v) is 11.3. The smallest absolute Gasteiger partial charge is 0.405 e. The van der Waals surface area contributed by atoms with E-state index < -0.39 is 59.1 Å². The Balaban J connectivity index is 1.84. The van der Waals surface area contributed by atoms with Crippen LogP contribution in [0.25, 0.3) is 16.7 Å². The van der Waals surface area contributed by atoms with Gasteiger partial charge in [-0.05, 0) is 37.6 Å². The van der Waals surface area contributed by atoms with Crippen molar-refractivity contribution in [3.8, 4) is 11.4 Å². The minimum Gasteiger partial charge on any atom is -0.405 e. The Labute approximate surface area is 211 Å². The van der Waals surface area contributed by atoms with Gasteiger partial charge in [0.1, 0.15) is 29.1 Å². The van der Waals surface area contributed by atoms with E-state index in [0.29, 0.717) is 6.07 Å². The zero-order valence-electron chi connectivity index (χ0n) is 20.0. The number of carbonyl (C=O) groups is 2. The second kappa shape index (κ2) is 9.67. The molecule has 14 heteroatoms. The number of nitrogens with zero attached hydrogens (tertiary/aromatic N) is 3. The fraction of sp³-hybridized carbons (Fsp3) is 0.333. The van der Waals surface area contributed by atoms with E-state index in [2.05, 4.69) is 4.98 Å². The highest BCUT2D eigenvalue weighted by Gasteiger charge is 2.42. The Kier molecular flexibility index (Phi) is 6.86. The Hall–Kier alpha value is -4.07. The van der Waals surface area contributed by atoms with Crippen LogP contribution in [-0.4, -0.2) is 51.0 Å². The van der Waals surface area contributed by atoms with Crippen molar-refractivity contribution in [2.45, 2.75) is 44.5 Å². The Morgan fingerprint density at radius 2 is 1.95 bits per heavy atom. The molecule has 0 aliphatic carbocycles. The summed E-state index contributed by atoms with van der Waals surface area (Å²) in [6, 6.07) is 2.70. The van der Waals surface area contributed by atoms with Crippen LogP contribution in [0.4, 0.5) is 32.6 Å². The first-order chi connectivity index (χ1) is 17.7. The molecule has 0 radical (unpaired) electrons.